The van der Waals surface area contributed by atoms with E-state index in [1.165, 1.54) is 96.6 Å². The van der Waals surface area contributed by atoms with Gasteiger partial charge in [0.1, 0.15) is 0 Å². The summed E-state index contributed by atoms with van der Waals surface area (Å²) in [6, 6.07) is 82.7. The van der Waals surface area contributed by atoms with E-state index < -0.39 is 0 Å². The SMILES string of the molecule is c1ccc(-c2c(-c3ccccc3)c3cc(-c4ccccc4N(c4ccc5c(ccc6ccccc65)c4)c4ccc5c(c4)sc4ccccc45)ccc3c3ccccc23)cc1. The summed E-state index contributed by atoms with van der Waals surface area (Å²) in [5, 5.41) is 12.6. The molecule has 0 amide bonds. The van der Waals surface area contributed by atoms with E-state index in [9.17, 15) is 0 Å². The van der Waals surface area contributed by atoms with Crippen LogP contribution in [-0.2, 0) is 0 Å². The van der Waals surface area contributed by atoms with E-state index in [2.05, 4.69) is 229 Å². The molecule has 1 heterocycles. The Morgan fingerprint density at radius 2 is 0.817 bits per heavy atom. The first kappa shape index (κ1) is 34.5. The van der Waals surface area contributed by atoms with E-state index in [0.29, 0.717) is 0 Å². The van der Waals surface area contributed by atoms with Gasteiger partial charge in [0, 0.05) is 37.1 Å². The fourth-order valence-electron chi connectivity index (χ4n) is 9.50. The number of para-hydroxylation sites is 1. The van der Waals surface area contributed by atoms with E-state index in [4.69, 9.17) is 0 Å². The second kappa shape index (κ2) is 14.1. The van der Waals surface area contributed by atoms with Crippen LogP contribution in [0.2, 0.25) is 0 Å². The average molecular weight is 780 g/mol. The van der Waals surface area contributed by atoms with Gasteiger partial charge in [-0.25, -0.2) is 0 Å². The van der Waals surface area contributed by atoms with Crippen LogP contribution in [0.15, 0.2) is 224 Å². The van der Waals surface area contributed by atoms with E-state index in [0.717, 1.165) is 17.1 Å². The van der Waals surface area contributed by atoms with Crippen LogP contribution in [0, 0.1) is 0 Å². The van der Waals surface area contributed by atoms with Crippen molar-refractivity contribution in [1.82, 2.24) is 0 Å². The summed E-state index contributed by atoms with van der Waals surface area (Å²) in [5.74, 6) is 0. The zero-order valence-corrected chi connectivity index (χ0v) is 33.5. The molecule has 0 N–H and O–H groups in total. The first-order valence-corrected chi connectivity index (χ1v) is 21.4. The smallest absolute Gasteiger partial charge is 0.0540 e. The number of hydrogen-bond donors (Lipinski definition) is 0. The van der Waals surface area contributed by atoms with Gasteiger partial charge >= 0.3 is 0 Å². The van der Waals surface area contributed by atoms with Crippen molar-refractivity contribution < 1.29 is 0 Å². The predicted molar refractivity (Wildman–Crippen MR) is 260 cm³/mol. The quantitative estimate of drug-likeness (QED) is 0.152. The summed E-state index contributed by atoms with van der Waals surface area (Å²) in [6.07, 6.45) is 0. The van der Waals surface area contributed by atoms with Crippen LogP contribution in [-0.4, -0.2) is 0 Å². The third-order valence-electron chi connectivity index (χ3n) is 12.2. The van der Waals surface area contributed by atoms with Crippen LogP contribution in [0.5, 0.6) is 0 Å². The molecular weight excluding hydrogens is 743 g/mol. The van der Waals surface area contributed by atoms with Crippen molar-refractivity contribution in [2.75, 3.05) is 4.90 Å². The molecule has 0 radical (unpaired) electrons. The third-order valence-corrected chi connectivity index (χ3v) is 13.3. The van der Waals surface area contributed by atoms with Gasteiger partial charge in [-0.15, -0.1) is 11.3 Å². The number of hydrogen-bond acceptors (Lipinski definition) is 2. The van der Waals surface area contributed by atoms with Gasteiger partial charge in [-0.2, -0.15) is 0 Å². The molecule has 0 aliphatic heterocycles. The first-order valence-electron chi connectivity index (χ1n) is 20.6. The van der Waals surface area contributed by atoms with Crippen molar-refractivity contribution in [3.63, 3.8) is 0 Å². The Labute approximate surface area is 352 Å². The average Bonchev–Trinajstić information content (AvgIpc) is 3.69. The predicted octanol–water partition coefficient (Wildman–Crippen LogP) is 17.1. The Hall–Kier alpha value is -7.52. The molecule has 0 unspecified atom stereocenters. The van der Waals surface area contributed by atoms with Gasteiger partial charge in [0.15, 0.2) is 0 Å². The van der Waals surface area contributed by atoms with Crippen molar-refractivity contribution in [2.24, 2.45) is 0 Å². The first-order chi connectivity index (χ1) is 29.8. The summed E-state index contributed by atoms with van der Waals surface area (Å²) < 4.78 is 2.59. The molecule has 0 saturated carbocycles. The highest BCUT2D eigenvalue weighted by Gasteiger charge is 2.22. The lowest BCUT2D eigenvalue weighted by molar-refractivity contribution is 1.30. The maximum absolute atomic E-state index is 2.46. The standard InChI is InChI=1S/C58H37NS/c1-3-16-39(17-4-1)57-52-24-10-9-22-48(52)49-32-29-42(36-53(49)58(57)40-18-5-2-6-19-40)47-21-11-13-25-54(47)59(44-31-34-51-50-23-12-14-26-55(50)60-56(51)37-44)43-30-33-46-41(35-43)28-27-38-15-7-8-20-45(38)46/h1-37H. The number of fused-ring (bicyclic) bond motifs is 9. The van der Waals surface area contributed by atoms with Crippen molar-refractivity contribution in [1.29, 1.82) is 0 Å². The highest BCUT2D eigenvalue weighted by Crippen LogP contribution is 2.48. The maximum atomic E-state index is 2.46. The molecule has 11 aromatic carbocycles. The molecule has 1 aromatic heterocycles. The Morgan fingerprint density at radius 3 is 1.62 bits per heavy atom. The highest BCUT2D eigenvalue weighted by molar-refractivity contribution is 7.25. The van der Waals surface area contributed by atoms with E-state index in [-0.39, 0.29) is 0 Å². The maximum Gasteiger partial charge on any atom is 0.0540 e. The van der Waals surface area contributed by atoms with Gasteiger partial charge in [-0.3, -0.25) is 0 Å². The van der Waals surface area contributed by atoms with Gasteiger partial charge in [0.05, 0.1) is 5.69 Å². The largest absolute Gasteiger partial charge is 0.310 e. The topological polar surface area (TPSA) is 3.24 Å². The molecule has 0 spiro atoms. The van der Waals surface area contributed by atoms with Crippen LogP contribution in [0.25, 0.3) is 96.6 Å². The van der Waals surface area contributed by atoms with Crippen molar-refractivity contribution in [2.45, 2.75) is 0 Å². The minimum absolute atomic E-state index is 1.12. The molecular formula is C58H37NS. The highest BCUT2D eigenvalue weighted by atomic mass is 32.1. The van der Waals surface area contributed by atoms with Crippen molar-refractivity contribution in [3.8, 4) is 33.4 Å². The van der Waals surface area contributed by atoms with Gasteiger partial charge in [0.25, 0.3) is 0 Å². The molecule has 2 heteroatoms. The number of benzene rings is 11. The Morgan fingerprint density at radius 1 is 0.283 bits per heavy atom. The van der Waals surface area contributed by atoms with Crippen LogP contribution in [0.4, 0.5) is 17.1 Å². The lowest BCUT2D eigenvalue weighted by Gasteiger charge is -2.28. The fourth-order valence-corrected chi connectivity index (χ4v) is 10.6. The molecule has 0 fully saturated rings. The number of anilines is 3. The Kier molecular flexibility index (Phi) is 8.11. The van der Waals surface area contributed by atoms with Gasteiger partial charge in [0.2, 0.25) is 0 Å². The van der Waals surface area contributed by atoms with Gasteiger partial charge < -0.3 is 4.90 Å². The monoisotopic (exact) mass is 779 g/mol. The minimum atomic E-state index is 1.12. The molecule has 12 aromatic rings. The zero-order valence-electron chi connectivity index (χ0n) is 32.7. The molecule has 0 saturated heterocycles. The lowest BCUT2D eigenvalue weighted by atomic mass is 9.84. The van der Waals surface area contributed by atoms with Crippen LogP contribution >= 0.6 is 11.3 Å². The molecule has 280 valence electrons. The minimum Gasteiger partial charge on any atom is -0.310 e. The summed E-state index contributed by atoms with van der Waals surface area (Å²) >= 11 is 1.86. The molecule has 1 nitrogen and oxygen atoms in total. The van der Waals surface area contributed by atoms with Crippen LogP contribution < -0.4 is 4.90 Å². The lowest BCUT2D eigenvalue weighted by Crippen LogP contribution is -2.11. The fraction of sp³-hybridized carbons (Fsp3) is 0. The van der Waals surface area contributed by atoms with E-state index in [1.54, 1.807) is 0 Å². The second-order valence-corrected chi connectivity index (χ2v) is 16.7. The van der Waals surface area contributed by atoms with Crippen molar-refractivity contribution >= 4 is 91.7 Å². The van der Waals surface area contributed by atoms with Crippen LogP contribution in [0.1, 0.15) is 0 Å². The van der Waals surface area contributed by atoms with Crippen molar-refractivity contribution in [3.05, 3.63) is 224 Å². The van der Waals surface area contributed by atoms with Gasteiger partial charge in [-0.1, -0.05) is 182 Å². The summed E-state index contributed by atoms with van der Waals surface area (Å²) in [4.78, 5) is 2.46. The molecule has 0 bridgehead atoms. The normalized spacial score (nSPS) is 11.7. The molecule has 0 atom stereocenters. The van der Waals surface area contributed by atoms with Crippen LogP contribution in [0.3, 0.4) is 0 Å². The summed E-state index contributed by atoms with van der Waals surface area (Å²) in [5.41, 5.74) is 10.7. The molecule has 12 rings (SSSR count). The zero-order chi connectivity index (χ0) is 39.6. The summed E-state index contributed by atoms with van der Waals surface area (Å²) in [7, 11) is 0. The Bertz CT molecular complexity index is 3600. The number of nitrogens with zero attached hydrogens (tertiary/aromatic N) is 1. The molecule has 0 aliphatic rings. The Balaban J connectivity index is 1.12. The molecule has 0 aliphatic carbocycles. The van der Waals surface area contributed by atoms with Gasteiger partial charge in [-0.05, 0) is 113 Å². The second-order valence-electron chi connectivity index (χ2n) is 15.6. The molecule has 60 heavy (non-hydrogen) atoms. The number of thiophene rings is 1. The van der Waals surface area contributed by atoms with E-state index in [1.807, 2.05) is 11.3 Å². The third kappa shape index (κ3) is 5.61. The number of rotatable bonds is 6. The van der Waals surface area contributed by atoms with E-state index >= 15 is 0 Å². The summed E-state index contributed by atoms with van der Waals surface area (Å²) in [6.45, 7) is 0.